The molecular formula is C23H23ClN4O. The van der Waals surface area contributed by atoms with E-state index in [1.807, 2.05) is 54.7 Å². The molecule has 0 saturated carbocycles. The van der Waals surface area contributed by atoms with Crippen LogP contribution in [0.25, 0.3) is 0 Å². The predicted octanol–water partition coefficient (Wildman–Crippen LogP) is 5.84. The number of benzene rings is 2. The monoisotopic (exact) mass is 406 g/mol. The molecule has 0 bridgehead atoms. The average Bonchev–Trinajstić information content (AvgIpc) is 2.90. The third-order valence-corrected chi connectivity index (χ3v) is 5.12. The van der Waals surface area contributed by atoms with Gasteiger partial charge in [-0.05, 0) is 61.4 Å². The highest BCUT2D eigenvalue weighted by Crippen LogP contribution is 2.28. The molecule has 0 spiro atoms. The number of anilines is 1. The highest BCUT2D eigenvalue weighted by molar-refractivity contribution is 6.30. The fraction of sp³-hybridized carbons (Fsp3) is 0.261. The Balaban J connectivity index is 1.59. The van der Waals surface area contributed by atoms with E-state index in [0.29, 0.717) is 5.02 Å². The van der Waals surface area contributed by atoms with Gasteiger partial charge in [0.25, 0.3) is 0 Å². The summed E-state index contributed by atoms with van der Waals surface area (Å²) in [6.45, 7) is 3.03. The Hall–Kier alpha value is -2.92. The first kappa shape index (κ1) is 19.4. The number of aryl methyl sites for hydroxylation is 1. The van der Waals surface area contributed by atoms with Crippen LogP contribution in [0.15, 0.2) is 59.7 Å². The van der Waals surface area contributed by atoms with Crippen LogP contribution >= 0.6 is 11.6 Å². The molecule has 0 saturated heterocycles. The maximum absolute atomic E-state index is 5.92. The molecule has 2 heterocycles. The van der Waals surface area contributed by atoms with Gasteiger partial charge in [-0.2, -0.15) is 0 Å². The van der Waals surface area contributed by atoms with Gasteiger partial charge < -0.3 is 9.64 Å². The maximum Gasteiger partial charge on any atom is 0.141 e. The van der Waals surface area contributed by atoms with Crippen molar-refractivity contribution in [2.75, 3.05) is 18.5 Å². The summed E-state index contributed by atoms with van der Waals surface area (Å²) >= 11 is 5.92. The van der Waals surface area contributed by atoms with E-state index in [1.54, 1.807) is 0 Å². The fourth-order valence-corrected chi connectivity index (χ4v) is 3.42. The lowest BCUT2D eigenvalue weighted by Gasteiger charge is -2.18. The number of ether oxygens (including phenoxy) is 1. The Morgan fingerprint density at radius 1 is 1.07 bits per heavy atom. The largest absolute Gasteiger partial charge is 0.457 e. The Morgan fingerprint density at radius 2 is 1.76 bits per heavy atom. The second kappa shape index (κ2) is 8.62. The summed E-state index contributed by atoms with van der Waals surface area (Å²) < 4.78 is 5.86. The molecule has 0 unspecified atom stereocenters. The van der Waals surface area contributed by atoms with Gasteiger partial charge in [-0.3, -0.25) is 4.99 Å². The van der Waals surface area contributed by atoms with Crippen LogP contribution in [-0.4, -0.2) is 29.3 Å². The Kier molecular flexibility index (Phi) is 5.76. The highest BCUT2D eigenvalue weighted by atomic mass is 35.5. The van der Waals surface area contributed by atoms with Crippen molar-refractivity contribution < 1.29 is 4.74 Å². The summed E-state index contributed by atoms with van der Waals surface area (Å²) in [5.74, 6) is 3.34. The molecule has 0 aliphatic carbocycles. The van der Waals surface area contributed by atoms with Gasteiger partial charge >= 0.3 is 0 Å². The first-order valence-electron chi connectivity index (χ1n) is 9.81. The summed E-state index contributed by atoms with van der Waals surface area (Å²) in [5.41, 5.74) is 2.93. The van der Waals surface area contributed by atoms with Crippen LogP contribution in [0.3, 0.4) is 0 Å². The standard InChI is InChI=1S/C23H23ClN4O/c1-3-22-25-15-20-21(5-4-14-28(2)23(20)27-22)26-17-8-12-19(13-9-17)29-18-10-6-16(24)7-11-18/h6-13,15H,3-5,14H2,1-2H3. The molecule has 1 aliphatic rings. The van der Waals surface area contributed by atoms with Gasteiger partial charge in [0.2, 0.25) is 0 Å². The van der Waals surface area contributed by atoms with Gasteiger partial charge in [-0.25, -0.2) is 9.97 Å². The van der Waals surface area contributed by atoms with Crippen LogP contribution in [0, 0.1) is 0 Å². The molecule has 5 nitrogen and oxygen atoms in total. The van der Waals surface area contributed by atoms with E-state index < -0.39 is 0 Å². The van der Waals surface area contributed by atoms with Crippen LogP contribution in [0.4, 0.5) is 11.5 Å². The zero-order valence-electron chi connectivity index (χ0n) is 16.6. The molecule has 6 heteroatoms. The summed E-state index contributed by atoms with van der Waals surface area (Å²) in [7, 11) is 2.08. The number of halogens is 1. The number of aromatic nitrogens is 2. The molecule has 4 rings (SSSR count). The van der Waals surface area contributed by atoms with E-state index in [9.17, 15) is 0 Å². The first-order chi connectivity index (χ1) is 14.1. The number of aliphatic imine (C=N–C) groups is 1. The number of hydrogen-bond donors (Lipinski definition) is 0. The van der Waals surface area contributed by atoms with Crippen molar-refractivity contribution >= 4 is 28.8 Å². The van der Waals surface area contributed by atoms with Crippen LogP contribution in [-0.2, 0) is 6.42 Å². The highest BCUT2D eigenvalue weighted by Gasteiger charge is 2.20. The molecule has 29 heavy (non-hydrogen) atoms. The van der Waals surface area contributed by atoms with Crippen molar-refractivity contribution in [2.45, 2.75) is 26.2 Å². The van der Waals surface area contributed by atoms with E-state index in [1.165, 1.54) is 0 Å². The minimum atomic E-state index is 0.688. The zero-order chi connectivity index (χ0) is 20.2. The third-order valence-electron chi connectivity index (χ3n) is 4.86. The van der Waals surface area contributed by atoms with Crippen molar-refractivity contribution in [3.05, 3.63) is 71.1 Å². The molecule has 1 aliphatic heterocycles. The average molecular weight is 407 g/mol. The van der Waals surface area contributed by atoms with Gasteiger partial charge in [0.05, 0.1) is 17.0 Å². The van der Waals surface area contributed by atoms with Gasteiger partial charge in [-0.15, -0.1) is 0 Å². The van der Waals surface area contributed by atoms with Gasteiger partial charge in [0, 0.05) is 31.2 Å². The minimum Gasteiger partial charge on any atom is -0.457 e. The minimum absolute atomic E-state index is 0.688. The van der Waals surface area contributed by atoms with Crippen LogP contribution < -0.4 is 9.64 Å². The van der Waals surface area contributed by atoms with E-state index in [4.69, 9.17) is 26.3 Å². The summed E-state index contributed by atoms with van der Waals surface area (Å²) in [4.78, 5) is 16.3. The van der Waals surface area contributed by atoms with E-state index in [0.717, 1.165) is 65.9 Å². The summed E-state index contributed by atoms with van der Waals surface area (Å²) in [5, 5.41) is 0.688. The second-order valence-corrected chi connectivity index (χ2v) is 7.45. The van der Waals surface area contributed by atoms with Gasteiger partial charge in [0.1, 0.15) is 23.1 Å². The maximum atomic E-state index is 5.92. The number of nitrogens with zero attached hydrogens (tertiary/aromatic N) is 4. The molecule has 148 valence electrons. The molecule has 0 amide bonds. The topological polar surface area (TPSA) is 50.6 Å². The predicted molar refractivity (Wildman–Crippen MR) is 118 cm³/mol. The Morgan fingerprint density at radius 3 is 2.45 bits per heavy atom. The molecule has 0 atom stereocenters. The normalized spacial score (nSPS) is 15.1. The Labute approximate surface area is 176 Å². The molecular weight excluding hydrogens is 384 g/mol. The molecule has 1 aromatic heterocycles. The molecule has 3 aromatic rings. The molecule has 0 radical (unpaired) electrons. The lowest BCUT2D eigenvalue weighted by atomic mass is 10.1. The fourth-order valence-electron chi connectivity index (χ4n) is 3.30. The number of hydrogen-bond acceptors (Lipinski definition) is 5. The van der Waals surface area contributed by atoms with Crippen molar-refractivity contribution in [1.29, 1.82) is 0 Å². The molecule has 2 aromatic carbocycles. The SMILES string of the molecule is CCc1ncc2c(n1)N(C)CCCC2=Nc1ccc(Oc2ccc(Cl)cc2)cc1. The van der Waals surface area contributed by atoms with Crippen LogP contribution in [0.5, 0.6) is 11.5 Å². The van der Waals surface area contributed by atoms with Crippen LogP contribution in [0.1, 0.15) is 31.2 Å². The number of fused-ring (bicyclic) bond motifs is 1. The van der Waals surface area contributed by atoms with E-state index >= 15 is 0 Å². The lowest BCUT2D eigenvalue weighted by molar-refractivity contribution is 0.483. The van der Waals surface area contributed by atoms with Crippen molar-refractivity contribution in [3.8, 4) is 11.5 Å². The lowest BCUT2D eigenvalue weighted by Crippen LogP contribution is -2.20. The second-order valence-electron chi connectivity index (χ2n) is 7.01. The smallest absolute Gasteiger partial charge is 0.141 e. The van der Waals surface area contributed by atoms with E-state index in [2.05, 4.69) is 23.9 Å². The van der Waals surface area contributed by atoms with Crippen molar-refractivity contribution in [3.63, 3.8) is 0 Å². The van der Waals surface area contributed by atoms with E-state index in [-0.39, 0.29) is 0 Å². The van der Waals surface area contributed by atoms with Crippen LogP contribution in [0.2, 0.25) is 5.02 Å². The molecule has 0 N–H and O–H groups in total. The summed E-state index contributed by atoms with van der Waals surface area (Å²) in [6.07, 6.45) is 4.67. The quantitative estimate of drug-likeness (QED) is 0.546. The van der Waals surface area contributed by atoms with Crippen molar-refractivity contribution in [1.82, 2.24) is 9.97 Å². The Bertz CT molecular complexity index is 1020. The van der Waals surface area contributed by atoms with Crippen molar-refractivity contribution in [2.24, 2.45) is 4.99 Å². The van der Waals surface area contributed by atoms with Gasteiger partial charge in [0.15, 0.2) is 0 Å². The van der Waals surface area contributed by atoms with Gasteiger partial charge in [-0.1, -0.05) is 18.5 Å². The zero-order valence-corrected chi connectivity index (χ0v) is 17.4. The first-order valence-corrected chi connectivity index (χ1v) is 10.2. The molecule has 0 fully saturated rings. The third kappa shape index (κ3) is 4.57. The summed E-state index contributed by atoms with van der Waals surface area (Å²) in [6, 6.07) is 15.1. The number of rotatable bonds is 4.